The number of carboxylic acids is 1. The third-order valence-corrected chi connectivity index (χ3v) is 5.28. The minimum absolute atomic E-state index is 0.0270. The summed E-state index contributed by atoms with van der Waals surface area (Å²) in [6.45, 7) is 3.64. The maximum Gasteiger partial charge on any atom is 0.416 e. The molecular formula is C25H24F4N2O4. The highest BCUT2D eigenvalue weighted by Crippen LogP contribution is 2.35. The second kappa shape index (κ2) is 10.7. The van der Waals surface area contributed by atoms with E-state index in [4.69, 9.17) is 9.47 Å². The maximum atomic E-state index is 13.7. The van der Waals surface area contributed by atoms with Gasteiger partial charge in [0.1, 0.15) is 23.9 Å². The number of hydrogen-bond donors (Lipinski definition) is 2. The SMILES string of the molecule is COc1cc(F)cc(C(C)NCCOc2cc(-c3ccc(C)c(C(=O)O)n3)cc(C(F)(F)F)c2)c1. The van der Waals surface area contributed by atoms with Crippen molar-refractivity contribution in [2.75, 3.05) is 20.3 Å². The Labute approximate surface area is 199 Å². The first-order valence-electron chi connectivity index (χ1n) is 10.6. The minimum Gasteiger partial charge on any atom is -0.497 e. The van der Waals surface area contributed by atoms with Gasteiger partial charge in [-0.05, 0) is 61.4 Å². The van der Waals surface area contributed by atoms with Crippen molar-refractivity contribution in [3.05, 3.63) is 76.7 Å². The van der Waals surface area contributed by atoms with Crippen molar-refractivity contribution < 1.29 is 36.9 Å². The quantitative estimate of drug-likeness (QED) is 0.297. The molecule has 0 saturated heterocycles. The molecule has 1 atom stereocenters. The molecule has 0 aliphatic carbocycles. The zero-order chi connectivity index (χ0) is 25.8. The number of aryl methyl sites for hydroxylation is 1. The van der Waals surface area contributed by atoms with Gasteiger partial charge in [0.25, 0.3) is 0 Å². The van der Waals surface area contributed by atoms with Crippen molar-refractivity contribution in [3.63, 3.8) is 0 Å². The molecule has 0 fully saturated rings. The highest BCUT2D eigenvalue weighted by molar-refractivity contribution is 5.87. The molecule has 3 aromatic rings. The fourth-order valence-electron chi connectivity index (χ4n) is 3.41. The lowest BCUT2D eigenvalue weighted by Gasteiger charge is -2.17. The summed E-state index contributed by atoms with van der Waals surface area (Å²) in [5.41, 5.74) is -0.00284. The number of aromatic nitrogens is 1. The average molecular weight is 492 g/mol. The number of hydrogen-bond acceptors (Lipinski definition) is 5. The van der Waals surface area contributed by atoms with Crippen LogP contribution in [0, 0.1) is 12.7 Å². The van der Waals surface area contributed by atoms with Crippen molar-refractivity contribution in [2.45, 2.75) is 26.1 Å². The molecular weight excluding hydrogens is 468 g/mol. The summed E-state index contributed by atoms with van der Waals surface area (Å²) in [6, 6.07) is 10.1. The largest absolute Gasteiger partial charge is 0.497 e. The van der Waals surface area contributed by atoms with Crippen LogP contribution in [0.1, 0.15) is 40.1 Å². The molecule has 1 unspecified atom stereocenters. The number of carboxylic acid groups (broad SMARTS) is 1. The van der Waals surface area contributed by atoms with E-state index in [-0.39, 0.29) is 41.9 Å². The smallest absolute Gasteiger partial charge is 0.416 e. The van der Waals surface area contributed by atoms with Crippen molar-refractivity contribution in [3.8, 4) is 22.8 Å². The second-order valence-corrected chi connectivity index (χ2v) is 7.86. The van der Waals surface area contributed by atoms with Crippen molar-refractivity contribution >= 4 is 5.97 Å². The number of halogens is 4. The average Bonchev–Trinajstić information content (AvgIpc) is 2.80. The minimum atomic E-state index is -4.64. The van der Waals surface area contributed by atoms with E-state index in [9.17, 15) is 27.5 Å². The molecule has 3 rings (SSSR count). The first-order valence-corrected chi connectivity index (χ1v) is 10.6. The number of alkyl halides is 3. The van der Waals surface area contributed by atoms with E-state index in [1.54, 1.807) is 19.9 Å². The third kappa shape index (κ3) is 6.69. The second-order valence-electron chi connectivity index (χ2n) is 7.86. The van der Waals surface area contributed by atoms with Crippen LogP contribution in [0.3, 0.4) is 0 Å². The van der Waals surface area contributed by atoms with Crippen molar-refractivity contribution in [2.24, 2.45) is 0 Å². The summed E-state index contributed by atoms with van der Waals surface area (Å²) in [6.07, 6.45) is -4.64. The first-order chi connectivity index (χ1) is 16.5. The summed E-state index contributed by atoms with van der Waals surface area (Å²) in [4.78, 5) is 15.4. The molecule has 0 radical (unpaired) electrons. The molecule has 0 saturated carbocycles. The number of aromatic carboxylic acids is 1. The molecule has 186 valence electrons. The van der Waals surface area contributed by atoms with Gasteiger partial charge in [0, 0.05) is 24.2 Å². The van der Waals surface area contributed by atoms with E-state index in [2.05, 4.69) is 10.3 Å². The highest BCUT2D eigenvalue weighted by atomic mass is 19.4. The molecule has 6 nitrogen and oxygen atoms in total. The van der Waals surface area contributed by atoms with Crippen LogP contribution >= 0.6 is 0 Å². The van der Waals surface area contributed by atoms with Gasteiger partial charge < -0.3 is 19.9 Å². The summed E-state index contributed by atoms with van der Waals surface area (Å²) in [5.74, 6) is -1.39. The van der Waals surface area contributed by atoms with E-state index in [0.29, 0.717) is 16.9 Å². The van der Waals surface area contributed by atoms with Gasteiger partial charge in [-0.15, -0.1) is 0 Å². The Morgan fingerprint density at radius 1 is 1.11 bits per heavy atom. The van der Waals surface area contributed by atoms with Crippen LogP contribution in [0.25, 0.3) is 11.3 Å². The van der Waals surface area contributed by atoms with E-state index in [0.717, 1.165) is 12.1 Å². The van der Waals surface area contributed by atoms with Gasteiger partial charge in [0.2, 0.25) is 0 Å². The van der Waals surface area contributed by atoms with Gasteiger partial charge in [0.15, 0.2) is 5.69 Å². The molecule has 35 heavy (non-hydrogen) atoms. The highest BCUT2D eigenvalue weighted by Gasteiger charge is 2.32. The van der Waals surface area contributed by atoms with E-state index < -0.39 is 23.5 Å². The molecule has 1 heterocycles. The van der Waals surface area contributed by atoms with Gasteiger partial charge in [-0.3, -0.25) is 0 Å². The number of rotatable bonds is 9. The summed E-state index contributed by atoms with van der Waals surface area (Å²) >= 11 is 0. The number of benzene rings is 2. The van der Waals surface area contributed by atoms with Crippen LogP contribution in [-0.2, 0) is 6.18 Å². The molecule has 2 aromatic carbocycles. The predicted molar refractivity (Wildman–Crippen MR) is 121 cm³/mol. The Morgan fingerprint density at radius 3 is 2.51 bits per heavy atom. The topological polar surface area (TPSA) is 80.7 Å². The summed E-state index contributed by atoms with van der Waals surface area (Å²) < 4.78 is 64.8. The van der Waals surface area contributed by atoms with Gasteiger partial charge in [-0.25, -0.2) is 14.2 Å². The Bertz CT molecular complexity index is 1210. The molecule has 0 bridgehead atoms. The number of methoxy groups -OCH3 is 1. The Kier molecular flexibility index (Phi) is 7.96. The van der Waals surface area contributed by atoms with E-state index in [1.165, 1.54) is 37.4 Å². The van der Waals surface area contributed by atoms with Crippen LogP contribution in [0.5, 0.6) is 11.5 Å². The molecule has 0 amide bonds. The van der Waals surface area contributed by atoms with Crippen LogP contribution in [0.15, 0.2) is 48.5 Å². The molecule has 0 aliphatic rings. The Balaban J connectivity index is 1.76. The van der Waals surface area contributed by atoms with Gasteiger partial charge in [-0.2, -0.15) is 13.2 Å². The number of carbonyl (C=O) groups is 1. The number of nitrogens with one attached hydrogen (secondary N) is 1. The fourth-order valence-corrected chi connectivity index (χ4v) is 3.41. The van der Waals surface area contributed by atoms with E-state index in [1.807, 2.05) is 0 Å². The van der Waals surface area contributed by atoms with Gasteiger partial charge in [-0.1, -0.05) is 6.07 Å². The predicted octanol–water partition coefficient (Wildman–Crippen LogP) is 5.65. The molecule has 0 aliphatic heterocycles. The third-order valence-electron chi connectivity index (χ3n) is 5.28. The fraction of sp³-hybridized carbons (Fsp3) is 0.280. The lowest BCUT2D eigenvalue weighted by molar-refractivity contribution is -0.137. The molecule has 1 aromatic heterocycles. The summed E-state index contributed by atoms with van der Waals surface area (Å²) in [5, 5.41) is 12.4. The van der Waals surface area contributed by atoms with Crippen LogP contribution in [0.4, 0.5) is 17.6 Å². The summed E-state index contributed by atoms with van der Waals surface area (Å²) in [7, 11) is 1.43. The van der Waals surface area contributed by atoms with Crippen molar-refractivity contribution in [1.29, 1.82) is 0 Å². The number of nitrogens with zero attached hydrogens (tertiary/aromatic N) is 1. The Hall–Kier alpha value is -3.66. The molecule has 10 heteroatoms. The zero-order valence-electron chi connectivity index (χ0n) is 19.2. The molecule has 2 N–H and O–H groups in total. The van der Waals surface area contributed by atoms with E-state index >= 15 is 0 Å². The maximum absolute atomic E-state index is 13.7. The lowest BCUT2D eigenvalue weighted by atomic mass is 10.0. The standard InChI is InChI=1S/C25H24F4N2O4/c1-14-4-5-22(31-23(14)24(32)33)17-8-18(25(27,28)29)12-21(11-17)35-7-6-30-15(2)16-9-19(26)13-20(10-16)34-3/h4-5,8-13,15,30H,6-7H2,1-3H3,(H,32,33). The number of ether oxygens (including phenoxy) is 2. The Morgan fingerprint density at radius 2 is 1.86 bits per heavy atom. The normalized spacial score (nSPS) is 12.3. The first kappa shape index (κ1) is 26.0. The molecule has 0 spiro atoms. The number of pyridine rings is 1. The van der Waals surface area contributed by atoms with Crippen molar-refractivity contribution in [1.82, 2.24) is 10.3 Å². The van der Waals surface area contributed by atoms with Gasteiger partial charge >= 0.3 is 12.1 Å². The lowest BCUT2D eigenvalue weighted by Crippen LogP contribution is -2.24. The monoisotopic (exact) mass is 492 g/mol. The van der Waals surface area contributed by atoms with Gasteiger partial charge in [0.05, 0.1) is 18.4 Å². The van der Waals surface area contributed by atoms with Crippen LogP contribution < -0.4 is 14.8 Å². The van der Waals surface area contributed by atoms with Crippen LogP contribution in [0.2, 0.25) is 0 Å². The zero-order valence-corrected chi connectivity index (χ0v) is 19.2. The van der Waals surface area contributed by atoms with Crippen LogP contribution in [-0.4, -0.2) is 36.3 Å².